The summed E-state index contributed by atoms with van der Waals surface area (Å²) in [6, 6.07) is 3.55. The molecule has 1 rings (SSSR count). The van der Waals surface area contributed by atoms with Crippen LogP contribution in [0.5, 0.6) is 5.75 Å². The van der Waals surface area contributed by atoms with Gasteiger partial charge in [0.05, 0.1) is 0 Å². The van der Waals surface area contributed by atoms with Crippen LogP contribution in [-0.2, 0) is 14.9 Å². The molecule has 136 valence electrons. The second-order valence-corrected chi connectivity index (χ2v) is 5.91. The normalized spacial score (nSPS) is 13.6. The van der Waals surface area contributed by atoms with Crippen molar-refractivity contribution in [2.75, 3.05) is 5.75 Å². The molecular weight excluding hydrogens is 374 g/mol. The van der Waals surface area contributed by atoms with Gasteiger partial charge in [0.25, 0.3) is 10.1 Å². The van der Waals surface area contributed by atoms with Crippen LogP contribution in [0.25, 0.3) is 0 Å². The van der Waals surface area contributed by atoms with Crippen molar-refractivity contribution in [3.63, 3.8) is 0 Å². The van der Waals surface area contributed by atoms with Crippen molar-refractivity contribution in [1.82, 2.24) is 0 Å². The molecule has 1 aromatic rings. The fourth-order valence-electron chi connectivity index (χ4n) is 1.59. The zero-order chi connectivity index (χ0) is 19.0. The van der Waals surface area contributed by atoms with Crippen LogP contribution in [0, 0.1) is 0 Å². The molecule has 6 nitrogen and oxygen atoms in total. The van der Waals surface area contributed by atoms with E-state index in [0.717, 1.165) is 18.2 Å². The third-order valence-electron chi connectivity index (χ3n) is 2.69. The molecule has 2 N–H and O–H groups in total. The smallest absolute Gasteiger partial charge is 0.438 e. The highest BCUT2D eigenvalue weighted by atomic mass is 32.2. The van der Waals surface area contributed by atoms with Gasteiger partial charge in [0.1, 0.15) is 17.1 Å². The van der Waals surface area contributed by atoms with Gasteiger partial charge in [-0.3, -0.25) is 4.55 Å². The van der Waals surface area contributed by atoms with E-state index >= 15 is 0 Å². The number of ether oxygens (including phenoxy) is 1. The summed E-state index contributed by atoms with van der Waals surface area (Å²) in [5.41, 5.74) is -6.59. The minimum absolute atomic E-state index is 0.655. The number of phenols is 1. The summed E-state index contributed by atoms with van der Waals surface area (Å²) in [5.74, 6) is -6.27. The maximum Gasteiger partial charge on any atom is 0.438 e. The predicted molar refractivity (Wildman–Crippen MR) is 64.8 cm³/mol. The van der Waals surface area contributed by atoms with Crippen molar-refractivity contribution in [3.8, 4) is 5.75 Å². The van der Waals surface area contributed by atoms with Gasteiger partial charge in [-0.1, -0.05) is 12.1 Å². The fourth-order valence-corrected chi connectivity index (χ4v) is 2.49. The average Bonchev–Trinajstić information content (AvgIpc) is 2.33. The maximum atomic E-state index is 12.9. The number of alkyl halides is 6. The third-order valence-corrected chi connectivity index (χ3v) is 3.46. The first-order valence-corrected chi connectivity index (χ1v) is 7.31. The largest absolute Gasteiger partial charge is 0.507 e. The van der Waals surface area contributed by atoms with Crippen LogP contribution in [-0.4, -0.2) is 47.8 Å². The number of carbonyl (C=O) groups excluding carboxylic acids is 1. The van der Waals surface area contributed by atoms with Gasteiger partial charge in [-0.15, -0.1) is 0 Å². The predicted octanol–water partition coefficient (Wildman–Crippen LogP) is 2.30. The molecule has 0 amide bonds. The summed E-state index contributed by atoms with van der Waals surface area (Å²) in [6.45, 7) is 0. The number of hydrogen-bond donors (Lipinski definition) is 2. The highest BCUT2D eigenvalue weighted by Gasteiger charge is 2.76. The Balaban J connectivity index is 3.48. The highest BCUT2D eigenvalue weighted by Crippen LogP contribution is 2.47. The van der Waals surface area contributed by atoms with Crippen LogP contribution in [0.2, 0.25) is 0 Å². The van der Waals surface area contributed by atoms with E-state index in [1.807, 2.05) is 0 Å². The number of para-hydroxylation sites is 1. The number of rotatable bonds is 4. The molecule has 0 atom stereocenters. The number of halogens is 6. The molecule has 0 radical (unpaired) electrons. The van der Waals surface area contributed by atoms with Crippen molar-refractivity contribution in [2.24, 2.45) is 0 Å². The lowest BCUT2D eigenvalue weighted by Gasteiger charge is -2.35. The minimum Gasteiger partial charge on any atom is -0.507 e. The Kier molecular flexibility index (Phi) is 5.11. The van der Waals surface area contributed by atoms with Crippen LogP contribution in [0.3, 0.4) is 0 Å². The van der Waals surface area contributed by atoms with Crippen LogP contribution in [0.4, 0.5) is 26.3 Å². The first-order chi connectivity index (χ1) is 10.6. The van der Waals surface area contributed by atoms with Gasteiger partial charge < -0.3 is 9.84 Å². The highest BCUT2D eigenvalue weighted by molar-refractivity contribution is 7.85. The molecular formula is C11H8F6O6S. The molecule has 0 aliphatic rings. The summed E-state index contributed by atoms with van der Waals surface area (Å²) in [7, 11) is -5.87. The molecule has 13 heteroatoms. The Labute approximate surface area is 130 Å². The zero-order valence-electron chi connectivity index (χ0n) is 11.2. The molecule has 0 unspecified atom stereocenters. The lowest BCUT2D eigenvalue weighted by atomic mass is 10.1. The van der Waals surface area contributed by atoms with Crippen LogP contribution >= 0.6 is 0 Å². The van der Waals surface area contributed by atoms with E-state index in [-0.39, 0.29) is 0 Å². The van der Waals surface area contributed by atoms with Gasteiger partial charge in [-0.05, 0) is 12.1 Å². The van der Waals surface area contributed by atoms with Gasteiger partial charge in [-0.25, -0.2) is 4.79 Å². The Bertz CT molecular complexity index is 709. The number of aromatic hydroxyl groups is 1. The number of hydrogen-bond acceptors (Lipinski definition) is 5. The molecule has 0 saturated heterocycles. The van der Waals surface area contributed by atoms with Gasteiger partial charge in [0, 0.05) is 0 Å². The summed E-state index contributed by atoms with van der Waals surface area (Å²) in [5, 5.41) is 9.28. The zero-order valence-corrected chi connectivity index (χ0v) is 12.0. The first-order valence-electron chi connectivity index (χ1n) is 5.71. The van der Waals surface area contributed by atoms with E-state index in [9.17, 15) is 44.7 Å². The molecule has 0 fully saturated rings. The topological polar surface area (TPSA) is 101 Å². The van der Waals surface area contributed by atoms with E-state index in [1.54, 1.807) is 0 Å². The van der Waals surface area contributed by atoms with Crippen molar-refractivity contribution in [1.29, 1.82) is 0 Å². The molecule has 0 heterocycles. The van der Waals surface area contributed by atoms with E-state index in [2.05, 4.69) is 4.74 Å². The van der Waals surface area contributed by atoms with E-state index in [4.69, 9.17) is 4.55 Å². The van der Waals surface area contributed by atoms with E-state index < -0.39 is 51.1 Å². The molecule has 0 aliphatic carbocycles. The second kappa shape index (κ2) is 6.12. The lowest BCUT2D eigenvalue weighted by Crippen LogP contribution is -2.63. The van der Waals surface area contributed by atoms with Gasteiger partial charge in [0.15, 0.2) is 0 Å². The van der Waals surface area contributed by atoms with Gasteiger partial charge >= 0.3 is 23.9 Å². The van der Waals surface area contributed by atoms with E-state index in [1.165, 1.54) is 0 Å². The minimum atomic E-state index is -6.43. The Morgan fingerprint density at radius 1 is 1.04 bits per heavy atom. The average molecular weight is 382 g/mol. The number of carbonyl (C=O) groups is 1. The van der Waals surface area contributed by atoms with E-state index in [0.29, 0.717) is 6.07 Å². The van der Waals surface area contributed by atoms with Gasteiger partial charge in [0.2, 0.25) is 0 Å². The Morgan fingerprint density at radius 3 is 1.88 bits per heavy atom. The molecule has 1 aromatic carbocycles. The summed E-state index contributed by atoms with van der Waals surface area (Å²) in [6.07, 6.45) is -12.9. The van der Waals surface area contributed by atoms with Crippen LogP contribution in [0.1, 0.15) is 10.4 Å². The number of esters is 1. The van der Waals surface area contributed by atoms with Crippen LogP contribution < -0.4 is 0 Å². The van der Waals surface area contributed by atoms with Gasteiger partial charge in [-0.2, -0.15) is 34.8 Å². The Morgan fingerprint density at radius 2 is 1.50 bits per heavy atom. The Hall–Kier alpha value is -2.02. The third kappa shape index (κ3) is 4.08. The monoisotopic (exact) mass is 382 g/mol. The molecule has 24 heavy (non-hydrogen) atoms. The molecule has 0 aromatic heterocycles. The van der Waals surface area contributed by atoms with Crippen molar-refractivity contribution in [3.05, 3.63) is 29.8 Å². The SMILES string of the molecule is O=C(OC(CS(=O)(=O)O)(C(F)(F)F)C(F)(F)F)c1ccccc1O. The van der Waals surface area contributed by atoms with Crippen molar-refractivity contribution >= 4 is 16.1 Å². The number of phenolic OH excluding ortho intramolecular Hbond substituents is 1. The van der Waals surface area contributed by atoms with Crippen LogP contribution in [0.15, 0.2) is 24.3 Å². The summed E-state index contributed by atoms with van der Waals surface area (Å²) in [4.78, 5) is 11.6. The molecule has 0 aliphatic heterocycles. The first kappa shape index (κ1) is 20.0. The maximum absolute atomic E-state index is 12.9. The quantitative estimate of drug-likeness (QED) is 0.471. The number of benzene rings is 1. The molecule has 0 saturated carbocycles. The van der Waals surface area contributed by atoms with Crippen molar-refractivity contribution in [2.45, 2.75) is 18.0 Å². The lowest BCUT2D eigenvalue weighted by molar-refractivity contribution is -0.356. The molecule has 0 spiro atoms. The second-order valence-electron chi connectivity index (χ2n) is 4.46. The molecule has 0 bridgehead atoms. The standard InChI is InChI=1S/C11H8F6O6S/c12-10(13,14)9(11(15,16)17,5-24(20,21)22)23-8(19)6-3-1-2-4-7(6)18/h1-4,18H,5H2,(H,20,21,22). The van der Waals surface area contributed by atoms with Crippen molar-refractivity contribution < 1.29 is 54.0 Å². The summed E-state index contributed by atoms with van der Waals surface area (Å²) >= 11 is 0. The summed E-state index contributed by atoms with van der Waals surface area (Å²) < 4.78 is 111. The fraction of sp³-hybridized carbons (Fsp3) is 0.364.